The highest BCUT2D eigenvalue weighted by Gasteiger charge is 2.59. The SMILES string of the molecule is COc1cc(OC)c(C2c3ccccc3[C@]3(c4ccccc4)c4ccccc4C[C@H]23)c(OC)c1. The van der Waals surface area contributed by atoms with Crippen LogP contribution in [0, 0.1) is 5.92 Å². The molecule has 0 bridgehead atoms. The van der Waals surface area contributed by atoms with E-state index in [-0.39, 0.29) is 11.3 Å². The van der Waals surface area contributed by atoms with Crippen LogP contribution >= 0.6 is 0 Å². The molecular formula is C31H28O3. The first-order valence-corrected chi connectivity index (χ1v) is 11.8. The largest absolute Gasteiger partial charge is 0.496 e. The van der Waals surface area contributed by atoms with Crippen LogP contribution in [0.15, 0.2) is 91.0 Å². The molecule has 34 heavy (non-hydrogen) atoms. The van der Waals surface area contributed by atoms with Crippen LogP contribution in [0.1, 0.15) is 39.3 Å². The van der Waals surface area contributed by atoms with Crippen molar-refractivity contribution < 1.29 is 14.2 Å². The Balaban J connectivity index is 1.70. The fourth-order valence-corrected chi connectivity index (χ4v) is 6.65. The maximum atomic E-state index is 5.96. The number of hydrogen-bond acceptors (Lipinski definition) is 3. The lowest BCUT2D eigenvalue weighted by atomic mass is 9.67. The summed E-state index contributed by atoms with van der Waals surface area (Å²) >= 11 is 0. The molecule has 0 heterocycles. The van der Waals surface area contributed by atoms with Crippen molar-refractivity contribution in [1.29, 1.82) is 0 Å². The van der Waals surface area contributed by atoms with E-state index in [1.807, 2.05) is 12.1 Å². The van der Waals surface area contributed by atoms with Gasteiger partial charge in [0, 0.05) is 29.0 Å². The summed E-state index contributed by atoms with van der Waals surface area (Å²) in [4.78, 5) is 0. The van der Waals surface area contributed by atoms with Crippen molar-refractivity contribution in [3.63, 3.8) is 0 Å². The van der Waals surface area contributed by atoms with Gasteiger partial charge in [0.15, 0.2) is 0 Å². The van der Waals surface area contributed by atoms with E-state index in [0.717, 1.165) is 29.2 Å². The summed E-state index contributed by atoms with van der Waals surface area (Å²) in [6, 6.07) is 32.8. The van der Waals surface area contributed by atoms with Gasteiger partial charge in [0.25, 0.3) is 0 Å². The number of hydrogen-bond donors (Lipinski definition) is 0. The molecule has 0 radical (unpaired) electrons. The number of methoxy groups -OCH3 is 3. The zero-order valence-electron chi connectivity index (χ0n) is 19.7. The first-order chi connectivity index (χ1) is 16.7. The third kappa shape index (κ3) is 2.70. The maximum absolute atomic E-state index is 5.96. The van der Waals surface area contributed by atoms with Crippen LogP contribution in [-0.4, -0.2) is 21.3 Å². The van der Waals surface area contributed by atoms with Crippen LogP contribution in [0.2, 0.25) is 0 Å². The van der Waals surface area contributed by atoms with Gasteiger partial charge in [-0.1, -0.05) is 78.9 Å². The average Bonchev–Trinajstić information content (AvgIpc) is 3.38. The molecule has 2 aliphatic carbocycles. The van der Waals surface area contributed by atoms with Gasteiger partial charge in [0.05, 0.1) is 21.3 Å². The van der Waals surface area contributed by atoms with Crippen molar-refractivity contribution in [2.45, 2.75) is 17.8 Å². The Morgan fingerprint density at radius 2 is 1.29 bits per heavy atom. The summed E-state index contributed by atoms with van der Waals surface area (Å²) in [5.74, 6) is 2.74. The minimum atomic E-state index is -0.227. The van der Waals surface area contributed by atoms with Crippen molar-refractivity contribution in [1.82, 2.24) is 0 Å². The Labute approximate surface area is 200 Å². The van der Waals surface area contributed by atoms with Gasteiger partial charge in [-0.15, -0.1) is 0 Å². The van der Waals surface area contributed by atoms with Gasteiger partial charge in [-0.3, -0.25) is 0 Å². The molecule has 0 aromatic heterocycles. The van der Waals surface area contributed by atoms with Crippen molar-refractivity contribution in [2.24, 2.45) is 5.92 Å². The molecule has 4 aromatic rings. The highest BCUT2D eigenvalue weighted by molar-refractivity contribution is 5.68. The fraction of sp³-hybridized carbons (Fsp3) is 0.226. The summed E-state index contributed by atoms with van der Waals surface area (Å²) in [6.45, 7) is 0. The normalized spacial score (nSPS) is 22.0. The van der Waals surface area contributed by atoms with E-state index in [9.17, 15) is 0 Å². The number of ether oxygens (including phenoxy) is 3. The van der Waals surface area contributed by atoms with Gasteiger partial charge in [0.1, 0.15) is 17.2 Å². The standard InChI is InChI=1S/C31H28O3/c1-32-22-18-27(33-2)30(28(19-22)34-3)29-23-14-8-10-16-25(23)31(21-12-5-4-6-13-21)24-15-9-7-11-20(24)17-26(29)31/h4-16,18-19,26,29H,17H2,1-3H3/t26-,29?,31+/m1/s1. The van der Waals surface area contributed by atoms with E-state index in [1.165, 1.54) is 27.8 Å². The van der Waals surface area contributed by atoms with Gasteiger partial charge in [-0.25, -0.2) is 0 Å². The molecule has 0 amide bonds. The third-order valence-corrected chi connectivity index (χ3v) is 7.85. The molecule has 170 valence electrons. The van der Waals surface area contributed by atoms with Crippen LogP contribution in [-0.2, 0) is 11.8 Å². The van der Waals surface area contributed by atoms with E-state index >= 15 is 0 Å². The molecule has 1 unspecified atom stereocenters. The predicted octanol–water partition coefficient (Wildman–Crippen LogP) is 6.36. The summed E-state index contributed by atoms with van der Waals surface area (Å²) in [5, 5.41) is 0. The molecule has 0 aliphatic heterocycles. The van der Waals surface area contributed by atoms with E-state index in [4.69, 9.17) is 14.2 Å². The van der Waals surface area contributed by atoms with Gasteiger partial charge < -0.3 is 14.2 Å². The van der Waals surface area contributed by atoms with Crippen molar-refractivity contribution in [3.05, 3.63) is 124 Å². The molecule has 4 aromatic carbocycles. The summed E-state index contributed by atoms with van der Waals surface area (Å²) in [5.41, 5.74) is 7.75. The molecule has 0 spiro atoms. The van der Waals surface area contributed by atoms with Crippen LogP contribution in [0.4, 0.5) is 0 Å². The second kappa shape index (κ2) is 7.95. The Hall–Kier alpha value is -3.72. The molecular weight excluding hydrogens is 420 g/mol. The molecule has 6 rings (SSSR count). The first-order valence-electron chi connectivity index (χ1n) is 11.8. The Kier molecular flexibility index (Phi) is 4.88. The quantitative estimate of drug-likeness (QED) is 0.355. The lowest BCUT2D eigenvalue weighted by Crippen LogP contribution is -2.32. The summed E-state index contributed by atoms with van der Waals surface area (Å²) in [6.07, 6.45) is 0.989. The zero-order chi connectivity index (χ0) is 23.3. The maximum Gasteiger partial charge on any atom is 0.130 e. The lowest BCUT2D eigenvalue weighted by Gasteiger charge is -2.35. The molecule has 2 aliphatic rings. The van der Waals surface area contributed by atoms with E-state index in [0.29, 0.717) is 5.92 Å². The number of rotatable bonds is 5. The lowest BCUT2D eigenvalue weighted by molar-refractivity contribution is 0.347. The molecule has 3 nitrogen and oxygen atoms in total. The van der Waals surface area contributed by atoms with Gasteiger partial charge in [0.2, 0.25) is 0 Å². The average molecular weight is 449 g/mol. The second-order valence-electron chi connectivity index (χ2n) is 9.15. The smallest absolute Gasteiger partial charge is 0.130 e. The van der Waals surface area contributed by atoms with Crippen molar-refractivity contribution in [3.8, 4) is 17.2 Å². The monoisotopic (exact) mass is 448 g/mol. The van der Waals surface area contributed by atoms with E-state index < -0.39 is 0 Å². The molecule has 0 fully saturated rings. The fourth-order valence-electron chi connectivity index (χ4n) is 6.65. The van der Waals surface area contributed by atoms with E-state index in [1.54, 1.807) is 21.3 Å². The van der Waals surface area contributed by atoms with Crippen LogP contribution < -0.4 is 14.2 Å². The highest BCUT2D eigenvalue weighted by atomic mass is 16.5. The third-order valence-electron chi connectivity index (χ3n) is 7.85. The molecule has 3 atom stereocenters. The highest BCUT2D eigenvalue weighted by Crippen LogP contribution is 2.65. The van der Waals surface area contributed by atoms with Gasteiger partial charge in [-0.05, 0) is 40.2 Å². The second-order valence-corrected chi connectivity index (χ2v) is 9.15. The molecule has 3 heteroatoms. The Morgan fingerprint density at radius 1 is 0.676 bits per heavy atom. The number of benzene rings is 4. The van der Waals surface area contributed by atoms with Crippen LogP contribution in [0.25, 0.3) is 0 Å². The molecule has 0 saturated heterocycles. The summed E-state index contributed by atoms with van der Waals surface area (Å²) < 4.78 is 17.5. The van der Waals surface area contributed by atoms with E-state index in [2.05, 4.69) is 78.9 Å². The minimum absolute atomic E-state index is 0.111. The zero-order valence-corrected chi connectivity index (χ0v) is 19.7. The van der Waals surface area contributed by atoms with Crippen molar-refractivity contribution >= 4 is 0 Å². The molecule has 0 N–H and O–H groups in total. The summed E-state index contributed by atoms with van der Waals surface area (Å²) in [7, 11) is 5.13. The molecule has 0 saturated carbocycles. The Bertz CT molecular complexity index is 1340. The topological polar surface area (TPSA) is 27.7 Å². The van der Waals surface area contributed by atoms with Crippen LogP contribution in [0.5, 0.6) is 17.2 Å². The van der Waals surface area contributed by atoms with Gasteiger partial charge in [-0.2, -0.15) is 0 Å². The predicted molar refractivity (Wildman–Crippen MR) is 134 cm³/mol. The first kappa shape index (κ1) is 20.9. The van der Waals surface area contributed by atoms with Gasteiger partial charge >= 0.3 is 0 Å². The minimum Gasteiger partial charge on any atom is -0.496 e. The number of fused-ring (bicyclic) bond motifs is 5. The Morgan fingerprint density at radius 3 is 1.97 bits per heavy atom. The van der Waals surface area contributed by atoms with Crippen molar-refractivity contribution in [2.75, 3.05) is 21.3 Å². The van der Waals surface area contributed by atoms with Crippen LogP contribution in [0.3, 0.4) is 0 Å².